The molecule has 0 fully saturated rings. The van der Waals surface area contributed by atoms with Gasteiger partial charge in [-0.15, -0.1) is 0 Å². The maximum atomic E-state index is 11.1. The summed E-state index contributed by atoms with van der Waals surface area (Å²) in [5.41, 5.74) is 0.692. The number of ketones is 2. The average molecular weight is 229 g/mol. The van der Waals surface area contributed by atoms with Crippen LogP contribution in [0.3, 0.4) is 0 Å². The molecule has 0 spiro atoms. The highest BCUT2D eigenvalue weighted by Gasteiger charge is 2.18. The van der Waals surface area contributed by atoms with Crippen LogP contribution in [0.5, 0.6) is 0 Å². The van der Waals surface area contributed by atoms with E-state index in [1.807, 2.05) is 0 Å². The molecule has 0 atom stereocenters. The second kappa shape index (κ2) is 5.66. The summed E-state index contributed by atoms with van der Waals surface area (Å²) in [4.78, 5) is 25.5. The minimum Gasteiger partial charge on any atom is -0.297 e. The number of hydrogen-bond acceptors (Lipinski definition) is 4. The third-order valence-corrected chi connectivity index (χ3v) is 2.05. The van der Waals surface area contributed by atoms with Crippen LogP contribution in [0, 0.1) is 6.57 Å². The van der Waals surface area contributed by atoms with Crippen LogP contribution in [0.4, 0.5) is 11.4 Å². The maximum Gasteiger partial charge on any atom is 0.214 e. The molecule has 0 amide bonds. The third kappa shape index (κ3) is 3.31. The molecular formula is C12H11N3O2. The lowest BCUT2D eigenvalue weighted by molar-refractivity contribution is -0.126. The van der Waals surface area contributed by atoms with E-state index >= 15 is 0 Å². The Labute approximate surface area is 99.0 Å². The minimum absolute atomic E-state index is 0.335. The molecule has 0 aliphatic carbocycles. The van der Waals surface area contributed by atoms with Gasteiger partial charge >= 0.3 is 0 Å². The number of carbonyl (C=O) groups excluding carboxylic acids is 2. The Morgan fingerprint density at radius 2 is 1.82 bits per heavy atom. The van der Waals surface area contributed by atoms with E-state index in [2.05, 4.69) is 15.1 Å². The number of benzene rings is 1. The molecule has 5 heteroatoms. The van der Waals surface area contributed by atoms with E-state index in [-0.39, 0.29) is 11.6 Å². The van der Waals surface area contributed by atoms with Crippen molar-refractivity contribution in [1.82, 2.24) is 0 Å². The van der Waals surface area contributed by atoms with E-state index in [1.165, 1.54) is 13.8 Å². The highest BCUT2D eigenvalue weighted by atomic mass is 16.2. The van der Waals surface area contributed by atoms with Crippen molar-refractivity contribution >= 4 is 22.9 Å². The summed E-state index contributed by atoms with van der Waals surface area (Å²) in [6.07, 6.45) is 0. The Morgan fingerprint density at radius 3 is 2.35 bits per heavy atom. The molecule has 0 aliphatic rings. The van der Waals surface area contributed by atoms with Crippen molar-refractivity contribution in [2.24, 2.45) is 10.2 Å². The van der Waals surface area contributed by atoms with E-state index < -0.39 is 6.04 Å². The van der Waals surface area contributed by atoms with Crippen LogP contribution in [-0.2, 0) is 9.59 Å². The molecule has 17 heavy (non-hydrogen) atoms. The van der Waals surface area contributed by atoms with Crippen LogP contribution in [0.15, 0.2) is 34.5 Å². The van der Waals surface area contributed by atoms with Gasteiger partial charge in [0.2, 0.25) is 5.69 Å². The highest BCUT2D eigenvalue weighted by Crippen LogP contribution is 2.27. The van der Waals surface area contributed by atoms with Gasteiger partial charge in [-0.05, 0) is 19.9 Å². The fourth-order valence-electron chi connectivity index (χ4n) is 1.21. The molecule has 1 rings (SSSR count). The lowest BCUT2D eigenvalue weighted by atomic mass is 10.1. The first-order valence-electron chi connectivity index (χ1n) is 4.94. The molecule has 0 radical (unpaired) electrons. The van der Waals surface area contributed by atoms with Crippen molar-refractivity contribution in [3.05, 3.63) is 35.7 Å². The lowest BCUT2D eigenvalue weighted by Crippen LogP contribution is -2.23. The molecule has 5 nitrogen and oxygen atoms in total. The molecule has 0 N–H and O–H groups in total. The number of rotatable bonds is 4. The zero-order chi connectivity index (χ0) is 12.8. The second-order valence-corrected chi connectivity index (χ2v) is 3.44. The van der Waals surface area contributed by atoms with Crippen molar-refractivity contribution in [1.29, 1.82) is 0 Å². The van der Waals surface area contributed by atoms with Crippen LogP contribution in [-0.4, -0.2) is 17.6 Å². The van der Waals surface area contributed by atoms with Gasteiger partial charge < -0.3 is 0 Å². The highest BCUT2D eigenvalue weighted by molar-refractivity contribution is 6.04. The van der Waals surface area contributed by atoms with Gasteiger partial charge in [-0.25, -0.2) is 4.85 Å². The molecule has 0 aromatic heterocycles. The van der Waals surface area contributed by atoms with Gasteiger partial charge in [-0.2, -0.15) is 10.2 Å². The van der Waals surface area contributed by atoms with Crippen molar-refractivity contribution in [2.75, 3.05) is 0 Å². The summed E-state index contributed by atoms with van der Waals surface area (Å²) in [6, 6.07) is 5.54. The van der Waals surface area contributed by atoms with Gasteiger partial charge in [0.05, 0.1) is 12.3 Å². The number of azo groups is 1. The smallest absolute Gasteiger partial charge is 0.214 e. The second-order valence-electron chi connectivity index (χ2n) is 3.44. The first kappa shape index (κ1) is 12.7. The number of Topliss-reactive ketones (excluding diaryl/α,β-unsaturated/α-hetero) is 2. The molecule has 0 saturated heterocycles. The summed E-state index contributed by atoms with van der Waals surface area (Å²) in [6.45, 7) is 9.50. The zero-order valence-electron chi connectivity index (χ0n) is 9.54. The van der Waals surface area contributed by atoms with Crippen molar-refractivity contribution in [3.63, 3.8) is 0 Å². The minimum atomic E-state index is -1.08. The Hall–Kier alpha value is -2.35. The van der Waals surface area contributed by atoms with Crippen molar-refractivity contribution < 1.29 is 9.59 Å². The van der Waals surface area contributed by atoms with Gasteiger partial charge in [0.15, 0.2) is 17.6 Å². The molecule has 0 aliphatic heterocycles. The Kier molecular flexibility index (Phi) is 4.23. The lowest BCUT2D eigenvalue weighted by Gasteiger charge is -2.02. The number of hydrogen-bond donors (Lipinski definition) is 0. The maximum absolute atomic E-state index is 11.1. The van der Waals surface area contributed by atoms with E-state index in [0.29, 0.717) is 11.4 Å². The SMILES string of the molecule is [C-]#[N+]c1ccccc1N=NC(C(C)=O)C(C)=O. The summed E-state index contributed by atoms with van der Waals surface area (Å²) < 4.78 is 0. The Bertz CT molecular complexity index is 501. The molecule has 0 heterocycles. The van der Waals surface area contributed by atoms with Crippen LogP contribution < -0.4 is 0 Å². The summed E-state index contributed by atoms with van der Waals surface area (Å²) in [5, 5.41) is 7.47. The van der Waals surface area contributed by atoms with E-state index in [9.17, 15) is 9.59 Å². The first-order valence-corrected chi connectivity index (χ1v) is 4.94. The number of nitrogens with zero attached hydrogens (tertiary/aromatic N) is 3. The zero-order valence-corrected chi connectivity index (χ0v) is 9.54. The van der Waals surface area contributed by atoms with E-state index in [0.717, 1.165) is 0 Å². The van der Waals surface area contributed by atoms with Gasteiger partial charge in [0.1, 0.15) is 0 Å². The molecular weight excluding hydrogens is 218 g/mol. The molecule has 0 bridgehead atoms. The average Bonchev–Trinajstić information content (AvgIpc) is 2.29. The molecule has 86 valence electrons. The first-order chi connectivity index (χ1) is 8.06. The number of para-hydroxylation sites is 1. The molecule has 0 unspecified atom stereocenters. The predicted octanol–water partition coefficient (Wildman–Crippen LogP) is 2.87. The standard InChI is InChI=1S/C12H11N3O2/c1-8(16)12(9(2)17)15-14-11-7-5-4-6-10(11)13-3/h4-7,12H,1-2H3. The Balaban J connectivity index is 3.01. The van der Waals surface area contributed by atoms with Crippen molar-refractivity contribution in [2.45, 2.75) is 19.9 Å². The van der Waals surface area contributed by atoms with Crippen LogP contribution in [0.1, 0.15) is 13.8 Å². The quantitative estimate of drug-likeness (QED) is 0.452. The fourth-order valence-corrected chi connectivity index (χ4v) is 1.21. The fraction of sp³-hybridized carbons (Fsp3) is 0.250. The predicted molar refractivity (Wildman–Crippen MR) is 62.4 cm³/mol. The van der Waals surface area contributed by atoms with Crippen molar-refractivity contribution in [3.8, 4) is 0 Å². The Morgan fingerprint density at radius 1 is 1.24 bits per heavy atom. The summed E-state index contributed by atoms with van der Waals surface area (Å²) in [5.74, 6) is -0.719. The summed E-state index contributed by atoms with van der Waals surface area (Å²) >= 11 is 0. The van der Waals surface area contributed by atoms with Gasteiger partial charge in [-0.1, -0.05) is 18.2 Å². The van der Waals surface area contributed by atoms with Gasteiger partial charge in [0.25, 0.3) is 0 Å². The van der Waals surface area contributed by atoms with Crippen LogP contribution >= 0.6 is 0 Å². The van der Waals surface area contributed by atoms with Crippen LogP contribution in [0.2, 0.25) is 0 Å². The molecule has 0 saturated carbocycles. The third-order valence-electron chi connectivity index (χ3n) is 2.05. The summed E-state index contributed by atoms with van der Waals surface area (Å²) in [7, 11) is 0. The monoisotopic (exact) mass is 229 g/mol. The topological polar surface area (TPSA) is 63.2 Å². The normalized spacial score (nSPS) is 10.5. The molecule has 1 aromatic carbocycles. The molecule has 1 aromatic rings. The van der Waals surface area contributed by atoms with E-state index in [1.54, 1.807) is 24.3 Å². The largest absolute Gasteiger partial charge is 0.297 e. The van der Waals surface area contributed by atoms with Crippen LogP contribution in [0.25, 0.3) is 4.85 Å². The van der Waals surface area contributed by atoms with Gasteiger partial charge in [0, 0.05) is 0 Å². The van der Waals surface area contributed by atoms with E-state index in [4.69, 9.17) is 6.57 Å². The number of carbonyl (C=O) groups is 2. The van der Waals surface area contributed by atoms with Gasteiger partial charge in [-0.3, -0.25) is 9.59 Å².